The molecule has 2 heterocycles. The van der Waals surface area contributed by atoms with Gasteiger partial charge in [0.2, 0.25) is 0 Å². The largest absolute Gasteiger partial charge is 0.322 e. The number of hydrogen-bond acceptors (Lipinski definition) is 3. The minimum atomic E-state index is -0.181. The van der Waals surface area contributed by atoms with Crippen LogP contribution in [0.2, 0.25) is 5.02 Å². The van der Waals surface area contributed by atoms with Crippen molar-refractivity contribution in [2.24, 2.45) is 5.73 Å². The van der Waals surface area contributed by atoms with E-state index in [9.17, 15) is 0 Å². The molecule has 5 heteroatoms. The molecule has 2 N–H and O–H groups in total. The van der Waals surface area contributed by atoms with Gasteiger partial charge in [-0.2, -0.15) is 5.10 Å². The van der Waals surface area contributed by atoms with E-state index >= 15 is 0 Å². The van der Waals surface area contributed by atoms with Gasteiger partial charge in [-0.3, -0.25) is 9.67 Å². The van der Waals surface area contributed by atoms with Gasteiger partial charge in [0.25, 0.3) is 0 Å². The van der Waals surface area contributed by atoms with Crippen LogP contribution in [0.4, 0.5) is 0 Å². The van der Waals surface area contributed by atoms with Crippen LogP contribution in [0.5, 0.6) is 0 Å². The van der Waals surface area contributed by atoms with Crippen molar-refractivity contribution in [3.63, 3.8) is 0 Å². The van der Waals surface area contributed by atoms with E-state index in [4.69, 9.17) is 17.3 Å². The lowest BCUT2D eigenvalue weighted by Crippen LogP contribution is -2.19. The molecule has 0 amide bonds. The smallest absolute Gasteiger partial charge is 0.0834 e. The predicted octanol–water partition coefficient (Wildman–Crippen LogP) is 2.19. The summed E-state index contributed by atoms with van der Waals surface area (Å²) in [6, 6.07) is 5.62. The summed E-state index contributed by atoms with van der Waals surface area (Å²) >= 11 is 6.10. The number of hydrogen-bond donors (Lipinski definition) is 1. The topological polar surface area (TPSA) is 56.7 Å². The molecule has 0 fully saturated rings. The summed E-state index contributed by atoms with van der Waals surface area (Å²) < 4.78 is 1.83. The zero-order valence-corrected chi connectivity index (χ0v) is 10.4. The minimum Gasteiger partial charge on any atom is -0.322 e. The van der Waals surface area contributed by atoms with Crippen molar-refractivity contribution < 1.29 is 0 Å². The highest BCUT2D eigenvalue weighted by molar-refractivity contribution is 6.31. The fourth-order valence-corrected chi connectivity index (χ4v) is 2.11. The Morgan fingerprint density at radius 1 is 1.47 bits per heavy atom. The Labute approximate surface area is 105 Å². The summed E-state index contributed by atoms with van der Waals surface area (Å²) in [6.07, 6.45) is 4.06. The molecule has 90 valence electrons. The van der Waals surface area contributed by atoms with E-state index < -0.39 is 0 Å². The van der Waals surface area contributed by atoms with E-state index in [2.05, 4.69) is 10.1 Å². The second-order valence-corrected chi connectivity index (χ2v) is 4.23. The SMILES string of the molecule is CCn1ncc(Cl)c1C(N)Cc1ccccn1. The molecule has 1 atom stereocenters. The molecule has 0 aliphatic rings. The van der Waals surface area contributed by atoms with E-state index in [1.807, 2.05) is 29.8 Å². The lowest BCUT2D eigenvalue weighted by Gasteiger charge is -2.13. The normalized spacial score (nSPS) is 12.6. The summed E-state index contributed by atoms with van der Waals surface area (Å²) in [5.41, 5.74) is 8.00. The van der Waals surface area contributed by atoms with Crippen LogP contribution in [-0.4, -0.2) is 14.8 Å². The van der Waals surface area contributed by atoms with Crippen molar-refractivity contribution >= 4 is 11.6 Å². The zero-order chi connectivity index (χ0) is 12.3. The molecule has 0 saturated carbocycles. The molecule has 0 spiro atoms. The zero-order valence-electron chi connectivity index (χ0n) is 9.68. The molecule has 2 aromatic heterocycles. The highest BCUT2D eigenvalue weighted by Crippen LogP contribution is 2.23. The lowest BCUT2D eigenvalue weighted by atomic mass is 10.1. The lowest BCUT2D eigenvalue weighted by molar-refractivity contribution is 0.565. The Morgan fingerprint density at radius 3 is 2.94 bits per heavy atom. The van der Waals surface area contributed by atoms with Gasteiger partial charge >= 0.3 is 0 Å². The molecule has 2 rings (SSSR count). The second-order valence-electron chi connectivity index (χ2n) is 3.83. The van der Waals surface area contributed by atoms with Crippen LogP contribution in [0, 0.1) is 0 Å². The molecule has 1 unspecified atom stereocenters. The summed E-state index contributed by atoms with van der Waals surface area (Å²) in [5.74, 6) is 0. The molecular formula is C12H15ClN4. The number of aromatic nitrogens is 3. The summed E-state index contributed by atoms with van der Waals surface area (Å²) in [5, 5.41) is 4.80. The molecule has 0 aromatic carbocycles. The van der Waals surface area contributed by atoms with Crippen LogP contribution in [0.25, 0.3) is 0 Å². The van der Waals surface area contributed by atoms with Gasteiger partial charge in [-0.15, -0.1) is 0 Å². The number of nitrogens with zero attached hydrogens (tertiary/aromatic N) is 3. The van der Waals surface area contributed by atoms with E-state index in [0.717, 1.165) is 17.9 Å². The summed E-state index contributed by atoms with van der Waals surface area (Å²) in [7, 11) is 0. The van der Waals surface area contributed by atoms with Gasteiger partial charge in [0.1, 0.15) is 0 Å². The Balaban J connectivity index is 2.20. The van der Waals surface area contributed by atoms with Crippen LogP contribution < -0.4 is 5.73 Å². The summed E-state index contributed by atoms with van der Waals surface area (Å²) in [6.45, 7) is 2.78. The second kappa shape index (κ2) is 5.29. The van der Waals surface area contributed by atoms with Crippen molar-refractivity contribution in [3.8, 4) is 0 Å². The molecule has 0 bridgehead atoms. The molecule has 0 aliphatic heterocycles. The van der Waals surface area contributed by atoms with Crippen molar-refractivity contribution in [2.75, 3.05) is 0 Å². The van der Waals surface area contributed by atoms with Gasteiger partial charge in [0.05, 0.1) is 23.0 Å². The minimum absolute atomic E-state index is 0.181. The Morgan fingerprint density at radius 2 is 2.29 bits per heavy atom. The van der Waals surface area contributed by atoms with Crippen LogP contribution >= 0.6 is 11.6 Å². The first kappa shape index (κ1) is 12.1. The van der Waals surface area contributed by atoms with Gasteiger partial charge in [-0.05, 0) is 19.1 Å². The Bertz CT molecular complexity index is 481. The molecule has 4 nitrogen and oxygen atoms in total. The maximum atomic E-state index is 6.16. The maximum absolute atomic E-state index is 6.16. The number of halogens is 1. The van der Waals surface area contributed by atoms with Gasteiger partial charge < -0.3 is 5.73 Å². The standard InChI is InChI=1S/C12H15ClN4/c1-2-17-12(10(13)8-16-17)11(14)7-9-5-3-4-6-15-9/h3-6,8,11H,2,7,14H2,1H3. The number of rotatable bonds is 4. The van der Waals surface area contributed by atoms with Gasteiger partial charge in [-0.1, -0.05) is 17.7 Å². The van der Waals surface area contributed by atoms with Gasteiger partial charge in [0, 0.05) is 24.9 Å². The summed E-state index contributed by atoms with van der Waals surface area (Å²) in [4.78, 5) is 4.26. The van der Waals surface area contributed by atoms with Crippen LogP contribution in [0.3, 0.4) is 0 Å². The van der Waals surface area contributed by atoms with Crippen molar-refractivity contribution in [1.82, 2.24) is 14.8 Å². The third kappa shape index (κ3) is 2.65. The van der Waals surface area contributed by atoms with Crippen LogP contribution in [0.15, 0.2) is 30.6 Å². The van der Waals surface area contributed by atoms with Crippen LogP contribution in [0.1, 0.15) is 24.4 Å². The molecule has 0 radical (unpaired) electrons. The molecule has 0 aliphatic carbocycles. The van der Waals surface area contributed by atoms with Gasteiger partial charge in [0.15, 0.2) is 0 Å². The average molecular weight is 251 g/mol. The molecule has 2 aromatic rings. The maximum Gasteiger partial charge on any atom is 0.0834 e. The van der Waals surface area contributed by atoms with E-state index in [1.165, 1.54) is 0 Å². The highest BCUT2D eigenvalue weighted by Gasteiger charge is 2.16. The first-order valence-corrected chi connectivity index (χ1v) is 5.97. The van der Waals surface area contributed by atoms with E-state index in [-0.39, 0.29) is 6.04 Å². The van der Waals surface area contributed by atoms with E-state index in [0.29, 0.717) is 11.4 Å². The predicted molar refractivity (Wildman–Crippen MR) is 67.8 cm³/mol. The van der Waals surface area contributed by atoms with E-state index in [1.54, 1.807) is 12.4 Å². The Hall–Kier alpha value is -1.39. The first-order valence-electron chi connectivity index (χ1n) is 5.59. The monoisotopic (exact) mass is 250 g/mol. The fraction of sp³-hybridized carbons (Fsp3) is 0.333. The van der Waals surface area contributed by atoms with Gasteiger partial charge in [-0.25, -0.2) is 0 Å². The third-order valence-electron chi connectivity index (χ3n) is 2.64. The van der Waals surface area contributed by atoms with Crippen molar-refractivity contribution in [3.05, 3.63) is 47.0 Å². The quantitative estimate of drug-likeness (QED) is 0.905. The first-order chi connectivity index (χ1) is 8.22. The number of pyridine rings is 1. The molecule has 17 heavy (non-hydrogen) atoms. The third-order valence-corrected chi connectivity index (χ3v) is 2.93. The van der Waals surface area contributed by atoms with Crippen molar-refractivity contribution in [1.29, 1.82) is 0 Å². The highest BCUT2D eigenvalue weighted by atomic mass is 35.5. The number of nitrogens with two attached hydrogens (primary N) is 1. The average Bonchev–Trinajstić information content (AvgIpc) is 2.71. The fourth-order valence-electron chi connectivity index (χ4n) is 1.83. The Kier molecular flexibility index (Phi) is 3.76. The van der Waals surface area contributed by atoms with Crippen molar-refractivity contribution in [2.45, 2.75) is 25.9 Å². The number of aryl methyl sites for hydroxylation is 1. The molecule has 0 saturated heterocycles. The molecular weight excluding hydrogens is 236 g/mol. The van der Waals surface area contributed by atoms with Crippen LogP contribution in [-0.2, 0) is 13.0 Å².